The van der Waals surface area contributed by atoms with Crippen LogP contribution in [-0.2, 0) is 14.3 Å². The van der Waals surface area contributed by atoms with Crippen LogP contribution < -0.4 is 20.3 Å². The molecule has 0 saturated heterocycles. The van der Waals surface area contributed by atoms with E-state index < -0.39 is 24.4 Å². The van der Waals surface area contributed by atoms with Crippen molar-refractivity contribution in [2.45, 2.75) is 0 Å². The van der Waals surface area contributed by atoms with E-state index in [0.29, 0.717) is 30.3 Å². The van der Waals surface area contributed by atoms with Gasteiger partial charge in [0.25, 0.3) is 11.8 Å². The van der Waals surface area contributed by atoms with E-state index in [1.165, 1.54) is 12.2 Å². The number of rotatable bonds is 5. The Kier molecular flexibility index (Phi) is 6.25. The fourth-order valence-electron chi connectivity index (χ4n) is 2.34. The maximum Gasteiger partial charge on any atom is 0.331 e. The molecule has 0 fully saturated rings. The molecule has 3 rings (SSSR count). The molecule has 0 bridgehead atoms. The van der Waals surface area contributed by atoms with Gasteiger partial charge in [-0.05, 0) is 35.9 Å². The highest BCUT2D eigenvalue weighted by Gasteiger charge is 2.11. The van der Waals surface area contributed by atoms with Gasteiger partial charge in [-0.3, -0.25) is 20.4 Å². The number of hydrogen-bond acceptors (Lipinski definition) is 6. The largest absolute Gasteiger partial charge is 0.486 e. The zero-order chi connectivity index (χ0) is 19.8. The molecule has 144 valence electrons. The van der Waals surface area contributed by atoms with Crippen LogP contribution in [0.2, 0.25) is 0 Å². The minimum absolute atomic E-state index is 0.391. The van der Waals surface area contributed by atoms with E-state index in [4.69, 9.17) is 14.2 Å². The number of esters is 1. The molecule has 1 heterocycles. The van der Waals surface area contributed by atoms with Crippen LogP contribution in [0.1, 0.15) is 15.9 Å². The van der Waals surface area contributed by atoms with Crippen molar-refractivity contribution in [3.63, 3.8) is 0 Å². The zero-order valence-corrected chi connectivity index (χ0v) is 14.8. The molecule has 0 spiro atoms. The smallest absolute Gasteiger partial charge is 0.331 e. The van der Waals surface area contributed by atoms with Crippen molar-refractivity contribution in [3.8, 4) is 11.5 Å². The van der Waals surface area contributed by atoms with Gasteiger partial charge in [0.15, 0.2) is 18.1 Å². The number of amides is 2. The second-order valence-corrected chi connectivity index (χ2v) is 5.71. The Balaban J connectivity index is 1.42. The Labute approximate surface area is 161 Å². The average molecular weight is 382 g/mol. The van der Waals surface area contributed by atoms with Crippen LogP contribution in [0.25, 0.3) is 6.08 Å². The normalized spacial score (nSPS) is 12.3. The number of hydrazine groups is 1. The summed E-state index contributed by atoms with van der Waals surface area (Å²) in [6.45, 7) is 0.444. The molecule has 8 heteroatoms. The summed E-state index contributed by atoms with van der Waals surface area (Å²) in [4.78, 5) is 35.2. The van der Waals surface area contributed by atoms with Gasteiger partial charge in [-0.2, -0.15) is 0 Å². The Bertz CT molecular complexity index is 895. The van der Waals surface area contributed by atoms with Crippen molar-refractivity contribution in [2.75, 3.05) is 19.8 Å². The molecule has 8 nitrogen and oxygen atoms in total. The van der Waals surface area contributed by atoms with E-state index in [9.17, 15) is 14.4 Å². The predicted octanol–water partition coefficient (Wildman–Crippen LogP) is 1.48. The van der Waals surface area contributed by atoms with Crippen LogP contribution in [0.3, 0.4) is 0 Å². The first-order chi connectivity index (χ1) is 13.6. The van der Waals surface area contributed by atoms with E-state index >= 15 is 0 Å². The third-order valence-electron chi connectivity index (χ3n) is 3.68. The molecule has 0 saturated carbocycles. The lowest BCUT2D eigenvalue weighted by molar-refractivity contribution is -0.144. The maximum atomic E-state index is 11.8. The second kappa shape index (κ2) is 9.22. The van der Waals surface area contributed by atoms with Gasteiger partial charge in [0.1, 0.15) is 13.2 Å². The van der Waals surface area contributed by atoms with Gasteiger partial charge in [0.2, 0.25) is 0 Å². The fourth-order valence-corrected chi connectivity index (χ4v) is 2.34. The van der Waals surface area contributed by atoms with Gasteiger partial charge in [-0.25, -0.2) is 4.79 Å². The van der Waals surface area contributed by atoms with Gasteiger partial charge in [0, 0.05) is 11.6 Å². The highest BCUT2D eigenvalue weighted by molar-refractivity contribution is 5.95. The van der Waals surface area contributed by atoms with Crippen molar-refractivity contribution in [3.05, 3.63) is 65.7 Å². The van der Waals surface area contributed by atoms with E-state index in [0.717, 1.165) is 5.56 Å². The lowest BCUT2D eigenvalue weighted by Gasteiger charge is -2.18. The van der Waals surface area contributed by atoms with Crippen LogP contribution >= 0.6 is 0 Å². The summed E-state index contributed by atoms with van der Waals surface area (Å²) >= 11 is 0. The van der Waals surface area contributed by atoms with Gasteiger partial charge in [0.05, 0.1) is 0 Å². The highest BCUT2D eigenvalue weighted by atomic mass is 16.6. The lowest BCUT2D eigenvalue weighted by Crippen LogP contribution is -2.43. The van der Waals surface area contributed by atoms with Crippen LogP contribution in [0, 0.1) is 0 Å². The standard InChI is InChI=1S/C20H18N2O6/c23-18(21-22-20(25)15-4-2-1-3-5-15)13-28-19(24)9-7-14-6-8-16-17(12-14)27-11-10-26-16/h1-9,12H,10-11,13H2,(H,21,23)(H,22,25)/b9-7+. The number of carbonyl (C=O) groups is 3. The first kappa shape index (κ1) is 19.0. The molecule has 0 unspecified atom stereocenters. The summed E-state index contributed by atoms with van der Waals surface area (Å²) in [6.07, 6.45) is 2.73. The minimum atomic E-state index is -0.695. The Hall–Kier alpha value is -3.81. The molecule has 28 heavy (non-hydrogen) atoms. The van der Waals surface area contributed by atoms with Gasteiger partial charge in [-0.15, -0.1) is 0 Å². The van der Waals surface area contributed by atoms with Crippen molar-refractivity contribution < 1.29 is 28.6 Å². The number of nitrogens with one attached hydrogen (secondary N) is 2. The van der Waals surface area contributed by atoms with Crippen LogP contribution in [0.15, 0.2) is 54.6 Å². The summed E-state index contributed by atoms with van der Waals surface area (Å²) in [5, 5.41) is 0. The number of fused-ring (bicyclic) bond motifs is 1. The SMILES string of the molecule is O=C(COC(=O)/C=C/c1ccc2c(c1)OCCO2)NNC(=O)c1ccccc1. The van der Waals surface area contributed by atoms with Gasteiger partial charge >= 0.3 is 5.97 Å². The van der Waals surface area contributed by atoms with Crippen LogP contribution in [-0.4, -0.2) is 37.6 Å². The molecule has 2 aromatic rings. The number of hydrogen-bond donors (Lipinski definition) is 2. The fraction of sp³-hybridized carbons (Fsp3) is 0.150. The zero-order valence-electron chi connectivity index (χ0n) is 14.8. The molecule has 1 aliphatic rings. The van der Waals surface area contributed by atoms with Crippen molar-refractivity contribution >= 4 is 23.9 Å². The van der Waals surface area contributed by atoms with Gasteiger partial charge in [-0.1, -0.05) is 24.3 Å². The molecule has 2 aromatic carbocycles. The summed E-state index contributed by atoms with van der Waals surface area (Å²) in [5.41, 5.74) is 5.52. The molecule has 2 N–H and O–H groups in total. The molecule has 2 amide bonds. The predicted molar refractivity (Wildman–Crippen MR) is 99.5 cm³/mol. The van der Waals surface area contributed by atoms with E-state index in [2.05, 4.69) is 10.9 Å². The summed E-state index contributed by atoms with van der Waals surface area (Å²) in [7, 11) is 0. The Morgan fingerprint density at radius 1 is 0.964 bits per heavy atom. The maximum absolute atomic E-state index is 11.8. The lowest BCUT2D eigenvalue weighted by atomic mass is 10.2. The molecule has 1 aliphatic heterocycles. The van der Waals surface area contributed by atoms with Crippen molar-refractivity contribution in [1.82, 2.24) is 10.9 Å². The quantitative estimate of drug-likeness (QED) is 0.461. The first-order valence-electron chi connectivity index (χ1n) is 8.50. The number of benzene rings is 2. The molecule has 0 radical (unpaired) electrons. The molecule has 0 aliphatic carbocycles. The molecule has 0 atom stereocenters. The van der Waals surface area contributed by atoms with Crippen LogP contribution in [0.5, 0.6) is 11.5 Å². The first-order valence-corrected chi connectivity index (χ1v) is 8.50. The van der Waals surface area contributed by atoms with E-state index in [1.54, 1.807) is 48.5 Å². The third kappa shape index (κ3) is 5.34. The minimum Gasteiger partial charge on any atom is -0.486 e. The topological polar surface area (TPSA) is 103 Å². The Morgan fingerprint density at radius 2 is 1.71 bits per heavy atom. The summed E-state index contributed by atoms with van der Waals surface area (Å²) < 4.78 is 15.7. The average Bonchev–Trinajstić information content (AvgIpc) is 2.75. The number of ether oxygens (including phenoxy) is 3. The van der Waals surface area contributed by atoms with Crippen molar-refractivity contribution in [2.24, 2.45) is 0 Å². The van der Waals surface area contributed by atoms with Crippen LogP contribution in [0.4, 0.5) is 0 Å². The Morgan fingerprint density at radius 3 is 2.50 bits per heavy atom. The third-order valence-corrected chi connectivity index (χ3v) is 3.68. The van der Waals surface area contributed by atoms with Gasteiger partial charge < -0.3 is 14.2 Å². The second-order valence-electron chi connectivity index (χ2n) is 5.71. The molecular formula is C20H18N2O6. The summed E-state index contributed by atoms with van der Waals surface area (Å²) in [6, 6.07) is 13.6. The molecule has 0 aromatic heterocycles. The molecular weight excluding hydrogens is 364 g/mol. The number of carbonyl (C=O) groups excluding carboxylic acids is 3. The van der Waals surface area contributed by atoms with E-state index in [1.807, 2.05) is 0 Å². The summed E-state index contributed by atoms with van der Waals surface area (Å²) in [5.74, 6) is -0.570. The van der Waals surface area contributed by atoms with Crippen molar-refractivity contribution in [1.29, 1.82) is 0 Å². The monoisotopic (exact) mass is 382 g/mol. The highest BCUT2D eigenvalue weighted by Crippen LogP contribution is 2.31. The van der Waals surface area contributed by atoms with E-state index in [-0.39, 0.29) is 0 Å².